The Labute approximate surface area is 73.1 Å². The lowest BCUT2D eigenvalue weighted by atomic mass is 9.75. The van der Waals surface area contributed by atoms with Gasteiger partial charge in [-0.05, 0) is 13.3 Å². The van der Waals surface area contributed by atoms with Gasteiger partial charge in [-0.25, -0.2) is 0 Å². The molecule has 70 valence electrons. The third-order valence-corrected chi connectivity index (χ3v) is 3.78. The highest BCUT2D eigenvalue weighted by atomic mass is 16.5. The summed E-state index contributed by atoms with van der Waals surface area (Å²) in [6.45, 7) is 6.91. The molecule has 0 amide bonds. The molecule has 3 nitrogen and oxygen atoms in total. The Bertz CT molecular complexity index is 205. The fourth-order valence-corrected chi connectivity index (χ4v) is 2.40. The summed E-state index contributed by atoms with van der Waals surface area (Å²) in [6.07, 6.45) is 1.09. The van der Waals surface area contributed by atoms with E-state index < -0.39 is 5.72 Å². The molecule has 12 heavy (non-hydrogen) atoms. The van der Waals surface area contributed by atoms with Crippen LogP contribution in [0.1, 0.15) is 27.2 Å². The van der Waals surface area contributed by atoms with Gasteiger partial charge in [0, 0.05) is 17.9 Å². The van der Waals surface area contributed by atoms with Crippen LogP contribution in [0.4, 0.5) is 0 Å². The summed E-state index contributed by atoms with van der Waals surface area (Å²) >= 11 is 0. The summed E-state index contributed by atoms with van der Waals surface area (Å²) in [7, 11) is 0. The number of aliphatic hydroxyl groups is 1. The minimum atomic E-state index is -0.764. The molecule has 0 aromatic heterocycles. The van der Waals surface area contributed by atoms with Gasteiger partial charge in [0.25, 0.3) is 0 Å². The molecule has 2 rings (SSSR count). The maximum atomic E-state index is 9.94. The van der Waals surface area contributed by atoms with Gasteiger partial charge < -0.3 is 9.84 Å². The average Bonchev–Trinajstić information content (AvgIpc) is 2.37. The van der Waals surface area contributed by atoms with Crippen LogP contribution < -0.4 is 5.32 Å². The highest BCUT2D eigenvalue weighted by Gasteiger charge is 2.57. The van der Waals surface area contributed by atoms with Gasteiger partial charge in [0.15, 0.2) is 0 Å². The van der Waals surface area contributed by atoms with E-state index in [0.29, 0.717) is 0 Å². The largest absolute Gasteiger partial charge is 0.376 e. The van der Waals surface area contributed by atoms with Crippen LogP contribution in [0.3, 0.4) is 0 Å². The fourth-order valence-electron chi connectivity index (χ4n) is 2.40. The smallest absolute Gasteiger partial charge is 0.118 e. The first kappa shape index (κ1) is 8.48. The van der Waals surface area contributed by atoms with Crippen molar-refractivity contribution in [2.45, 2.75) is 39.1 Å². The van der Waals surface area contributed by atoms with E-state index in [1.54, 1.807) is 0 Å². The zero-order valence-electron chi connectivity index (χ0n) is 7.92. The molecule has 0 saturated carbocycles. The number of fused-ring (bicyclic) bond motifs is 1. The predicted molar refractivity (Wildman–Crippen MR) is 45.4 cm³/mol. The van der Waals surface area contributed by atoms with E-state index in [2.05, 4.69) is 19.2 Å². The first-order valence-corrected chi connectivity index (χ1v) is 4.58. The summed E-state index contributed by atoms with van der Waals surface area (Å²) in [5.74, 6) is 0.248. The lowest BCUT2D eigenvalue weighted by Crippen LogP contribution is -2.43. The van der Waals surface area contributed by atoms with Crippen molar-refractivity contribution in [1.29, 1.82) is 0 Å². The molecule has 0 aromatic rings. The van der Waals surface area contributed by atoms with Crippen molar-refractivity contribution in [2.75, 3.05) is 6.61 Å². The van der Waals surface area contributed by atoms with Crippen LogP contribution >= 0.6 is 0 Å². The number of nitrogens with one attached hydrogen (secondary N) is 1. The molecular formula is C9H17NO2. The summed E-state index contributed by atoms with van der Waals surface area (Å²) in [5.41, 5.74) is -0.649. The molecule has 2 aliphatic rings. The van der Waals surface area contributed by atoms with Crippen molar-refractivity contribution in [2.24, 2.45) is 11.3 Å². The van der Waals surface area contributed by atoms with Gasteiger partial charge in [0.2, 0.25) is 0 Å². The quantitative estimate of drug-likeness (QED) is 0.563. The van der Waals surface area contributed by atoms with Gasteiger partial charge in [0.05, 0.1) is 0 Å². The Kier molecular flexibility index (Phi) is 1.57. The van der Waals surface area contributed by atoms with E-state index >= 15 is 0 Å². The molecule has 4 atom stereocenters. The molecule has 3 heteroatoms. The Morgan fingerprint density at radius 1 is 1.50 bits per heavy atom. The number of hydrogen-bond acceptors (Lipinski definition) is 3. The Balaban J connectivity index is 2.29. The van der Waals surface area contributed by atoms with Crippen LogP contribution in [0.5, 0.6) is 0 Å². The first-order chi connectivity index (χ1) is 5.47. The monoisotopic (exact) mass is 171 g/mol. The standard InChI is InChI=1S/C9H17NO2/c1-6-8(2)4-5-12-7(8)10-9(6,3)11/h6-7,10-11H,4-5H2,1-3H3/t6-,7+,8+,9-/m0/s1. The van der Waals surface area contributed by atoms with Gasteiger partial charge in [-0.3, -0.25) is 5.32 Å². The normalized spacial score (nSPS) is 59.0. The maximum Gasteiger partial charge on any atom is 0.118 e. The molecule has 2 aliphatic heterocycles. The second kappa shape index (κ2) is 2.22. The summed E-state index contributed by atoms with van der Waals surface area (Å²) < 4.78 is 5.51. The maximum absolute atomic E-state index is 9.94. The van der Waals surface area contributed by atoms with Crippen molar-refractivity contribution < 1.29 is 9.84 Å². The topological polar surface area (TPSA) is 41.5 Å². The molecule has 0 aromatic carbocycles. The zero-order valence-corrected chi connectivity index (χ0v) is 7.92. The molecular weight excluding hydrogens is 154 g/mol. The van der Waals surface area contributed by atoms with Crippen LogP contribution in [-0.4, -0.2) is 23.7 Å². The van der Waals surface area contributed by atoms with E-state index in [9.17, 15) is 5.11 Å². The predicted octanol–water partition coefficient (Wildman–Crippen LogP) is 0.687. The van der Waals surface area contributed by atoms with Crippen LogP contribution in [0.2, 0.25) is 0 Å². The van der Waals surface area contributed by atoms with Crippen molar-refractivity contribution in [1.82, 2.24) is 5.32 Å². The Morgan fingerprint density at radius 3 is 2.75 bits per heavy atom. The number of rotatable bonds is 0. The number of ether oxygens (including phenoxy) is 1. The van der Waals surface area contributed by atoms with Crippen molar-refractivity contribution in [3.8, 4) is 0 Å². The second-order valence-electron chi connectivity index (χ2n) is 4.52. The molecule has 0 aliphatic carbocycles. The molecule has 2 fully saturated rings. The van der Waals surface area contributed by atoms with Gasteiger partial charge >= 0.3 is 0 Å². The summed E-state index contributed by atoms with van der Waals surface area (Å²) in [5, 5.41) is 13.1. The summed E-state index contributed by atoms with van der Waals surface area (Å²) in [4.78, 5) is 0. The van der Waals surface area contributed by atoms with E-state index in [4.69, 9.17) is 4.74 Å². The number of hydrogen-bond donors (Lipinski definition) is 2. The third kappa shape index (κ3) is 0.873. The molecule has 0 radical (unpaired) electrons. The van der Waals surface area contributed by atoms with Crippen molar-refractivity contribution in [3.63, 3.8) is 0 Å². The second-order valence-corrected chi connectivity index (χ2v) is 4.52. The van der Waals surface area contributed by atoms with Crippen LogP contribution in [0.15, 0.2) is 0 Å². The molecule has 0 bridgehead atoms. The lowest BCUT2D eigenvalue weighted by Gasteiger charge is -2.30. The van der Waals surface area contributed by atoms with Gasteiger partial charge in [-0.1, -0.05) is 13.8 Å². The van der Waals surface area contributed by atoms with E-state index in [1.165, 1.54) is 0 Å². The van der Waals surface area contributed by atoms with E-state index in [0.717, 1.165) is 13.0 Å². The van der Waals surface area contributed by atoms with Crippen molar-refractivity contribution >= 4 is 0 Å². The van der Waals surface area contributed by atoms with E-state index in [-0.39, 0.29) is 17.6 Å². The lowest BCUT2D eigenvalue weighted by molar-refractivity contribution is -0.0277. The highest BCUT2D eigenvalue weighted by molar-refractivity contribution is 5.04. The van der Waals surface area contributed by atoms with Crippen LogP contribution in [-0.2, 0) is 4.74 Å². The molecule has 0 unspecified atom stereocenters. The fraction of sp³-hybridized carbons (Fsp3) is 1.00. The van der Waals surface area contributed by atoms with Gasteiger partial charge in [-0.15, -0.1) is 0 Å². The minimum Gasteiger partial charge on any atom is -0.376 e. The Hall–Kier alpha value is -0.120. The van der Waals surface area contributed by atoms with Crippen LogP contribution in [0.25, 0.3) is 0 Å². The molecule has 2 saturated heterocycles. The van der Waals surface area contributed by atoms with Crippen molar-refractivity contribution in [3.05, 3.63) is 0 Å². The first-order valence-electron chi connectivity index (χ1n) is 4.58. The average molecular weight is 171 g/mol. The third-order valence-electron chi connectivity index (χ3n) is 3.78. The Morgan fingerprint density at radius 2 is 2.17 bits per heavy atom. The highest BCUT2D eigenvalue weighted by Crippen LogP contribution is 2.49. The summed E-state index contributed by atoms with van der Waals surface area (Å²) in [6, 6.07) is 0. The molecule has 0 spiro atoms. The SMILES string of the molecule is C[C@H]1[C@@]2(C)CCO[C@H]2N[C@@]1(C)O. The zero-order chi connectivity index (χ0) is 8.98. The van der Waals surface area contributed by atoms with Gasteiger partial charge in [-0.2, -0.15) is 0 Å². The molecule has 2 heterocycles. The molecule has 2 N–H and O–H groups in total. The van der Waals surface area contributed by atoms with Gasteiger partial charge in [0.1, 0.15) is 12.0 Å². The minimum absolute atomic E-state index is 0.0440. The van der Waals surface area contributed by atoms with Crippen LogP contribution in [0, 0.1) is 11.3 Å². The van der Waals surface area contributed by atoms with E-state index in [1.807, 2.05) is 6.92 Å².